The average molecular weight is 1050 g/mol. The first-order chi connectivity index (χ1) is 36.5. The Kier molecular flexibility index (Phi) is 18.1. The highest BCUT2D eigenvalue weighted by molar-refractivity contribution is 6.08. The van der Waals surface area contributed by atoms with E-state index in [2.05, 4.69) is 168 Å². The highest BCUT2D eigenvalue weighted by Gasteiger charge is 2.50. The minimum atomic E-state index is -1.16. The quantitative estimate of drug-likeness (QED) is 0.0245. The minimum absolute atomic E-state index is 0.0618. The fraction of sp³-hybridized carbons (Fsp3) is 0.522. The van der Waals surface area contributed by atoms with E-state index in [4.69, 9.17) is 14.2 Å². The molecule has 1 N–H and O–H groups in total. The van der Waals surface area contributed by atoms with Crippen LogP contribution in [0.25, 0.3) is 21.5 Å². The number of nitrogens with one attached hydrogen (secondary N) is 1. The van der Waals surface area contributed by atoms with Crippen molar-refractivity contribution in [1.29, 1.82) is 0 Å². The molecule has 1 amide bonds. The number of likely N-dealkylation sites (N-methyl/N-ethyl adjacent to an activating group) is 1. The van der Waals surface area contributed by atoms with E-state index < -0.39 is 22.2 Å². The summed E-state index contributed by atoms with van der Waals surface area (Å²) in [7, 11) is 6.00. The van der Waals surface area contributed by atoms with Crippen LogP contribution in [0.5, 0.6) is 0 Å². The zero-order valence-electron chi connectivity index (χ0n) is 49.6. The third-order valence-electron chi connectivity index (χ3n) is 17.1. The number of allylic oxidation sites excluding steroid dienone is 7. The monoisotopic (exact) mass is 1050 g/mol. The summed E-state index contributed by atoms with van der Waals surface area (Å²) in [5, 5.41) is 7.98. The van der Waals surface area contributed by atoms with Crippen LogP contribution in [0.15, 0.2) is 120 Å². The van der Waals surface area contributed by atoms with Crippen molar-refractivity contribution < 1.29 is 37.7 Å². The molecule has 0 fully saturated rings. The Morgan fingerprint density at radius 3 is 2.01 bits per heavy atom. The van der Waals surface area contributed by atoms with Gasteiger partial charge in [-0.2, -0.15) is 4.58 Å². The number of carbonyl (C=O) groups excluding carboxylic acids is 3. The molecule has 414 valence electrons. The van der Waals surface area contributed by atoms with Gasteiger partial charge < -0.3 is 24.4 Å². The lowest BCUT2D eigenvalue weighted by atomic mass is 9.65. The molecule has 2 atom stereocenters. The second-order valence-electron chi connectivity index (χ2n) is 24.9. The minimum Gasteiger partial charge on any atom is -0.465 e. The van der Waals surface area contributed by atoms with Crippen molar-refractivity contribution in [2.45, 2.75) is 152 Å². The van der Waals surface area contributed by atoms with E-state index in [0.717, 1.165) is 51.6 Å². The predicted molar refractivity (Wildman–Crippen MR) is 317 cm³/mol. The Bertz CT molecular complexity index is 3020. The summed E-state index contributed by atoms with van der Waals surface area (Å²) < 4.78 is 20.4. The van der Waals surface area contributed by atoms with Gasteiger partial charge in [0.25, 0.3) is 0 Å². The molecule has 0 saturated heterocycles. The number of anilines is 1. The summed E-state index contributed by atoms with van der Waals surface area (Å²) in [6, 6.07) is 26.7. The summed E-state index contributed by atoms with van der Waals surface area (Å²) in [6.45, 7) is 28.3. The number of amides is 1. The molecule has 7 rings (SSSR count). The number of hydrogen-bond donors (Lipinski definition) is 1. The SMILES string of the molecule is CCCCOC(=O)C(C)(CC(C)(C)C(=O)OCC[N+](C)(C)C1=C(/C=C/C2=[N+](CCC)c3ccc4ccccc4c3C2(C)C)CCC1=C/C=C1/N(CCC)c2ccc3ccccc3c2C1(C)C)CC(C)(CC)C(=O)NCOC. The molecule has 0 spiro atoms. The number of carbonyl (C=O) groups is 3. The van der Waals surface area contributed by atoms with Crippen molar-refractivity contribution in [3.05, 3.63) is 131 Å². The number of esters is 2. The number of nitrogens with zero attached hydrogens (tertiary/aromatic N) is 3. The van der Waals surface area contributed by atoms with Gasteiger partial charge >= 0.3 is 11.9 Å². The molecular weight excluding hydrogens is 957 g/mol. The lowest BCUT2D eigenvalue weighted by Gasteiger charge is -2.40. The Labute approximate surface area is 461 Å². The molecule has 3 aliphatic rings. The van der Waals surface area contributed by atoms with Gasteiger partial charge in [-0.1, -0.05) is 116 Å². The van der Waals surface area contributed by atoms with Crippen LogP contribution >= 0.6 is 0 Å². The molecule has 4 aromatic carbocycles. The zero-order valence-corrected chi connectivity index (χ0v) is 49.6. The van der Waals surface area contributed by atoms with E-state index in [1.807, 2.05) is 41.5 Å². The number of ether oxygens (including phenoxy) is 3. The van der Waals surface area contributed by atoms with E-state index in [0.29, 0.717) is 17.4 Å². The smallest absolute Gasteiger partial charge is 0.311 e. The molecule has 0 bridgehead atoms. The normalized spacial score (nSPS) is 18.9. The van der Waals surface area contributed by atoms with Crippen LogP contribution in [0.1, 0.15) is 152 Å². The van der Waals surface area contributed by atoms with Gasteiger partial charge in [0, 0.05) is 71.1 Å². The van der Waals surface area contributed by atoms with E-state index in [-0.39, 0.29) is 55.5 Å². The van der Waals surface area contributed by atoms with Crippen LogP contribution in [0.2, 0.25) is 0 Å². The van der Waals surface area contributed by atoms with Crippen molar-refractivity contribution >= 4 is 56.5 Å². The molecule has 0 aromatic heterocycles. The predicted octanol–water partition coefficient (Wildman–Crippen LogP) is 14.3. The molecule has 0 saturated carbocycles. The van der Waals surface area contributed by atoms with Crippen molar-refractivity contribution in [3.63, 3.8) is 0 Å². The number of fused-ring (bicyclic) bond motifs is 6. The fourth-order valence-electron chi connectivity index (χ4n) is 13.2. The second kappa shape index (κ2) is 23.6. The van der Waals surface area contributed by atoms with Gasteiger partial charge in [-0.3, -0.25) is 18.9 Å². The highest BCUT2D eigenvalue weighted by Crippen LogP contribution is 2.52. The van der Waals surface area contributed by atoms with Crippen LogP contribution in [-0.4, -0.2) is 93.4 Å². The fourth-order valence-corrected chi connectivity index (χ4v) is 13.2. The number of benzene rings is 4. The summed E-state index contributed by atoms with van der Waals surface area (Å²) in [6.07, 6.45) is 15.8. The molecule has 2 unspecified atom stereocenters. The molecule has 10 heteroatoms. The average Bonchev–Trinajstić information content (AvgIpc) is 4.11. The highest BCUT2D eigenvalue weighted by atomic mass is 16.5. The first kappa shape index (κ1) is 58.8. The van der Waals surface area contributed by atoms with E-state index in [9.17, 15) is 14.4 Å². The Hall–Kier alpha value is -5.84. The van der Waals surface area contributed by atoms with Gasteiger partial charge in [0.15, 0.2) is 5.71 Å². The van der Waals surface area contributed by atoms with Gasteiger partial charge in [-0.15, -0.1) is 0 Å². The second-order valence-corrected chi connectivity index (χ2v) is 24.9. The maximum atomic E-state index is 14.5. The van der Waals surface area contributed by atoms with Crippen LogP contribution < -0.4 is 10.2 Å². The van der Waals surface area contributed by atoms with Crippen molar-refractivity contribution in [1.82, 2.24) is 5.32 Å². The van der Waals surface area contributed by atoms with Crippen molar-refractivity contribution in [2.75, 3.05) is 65.7 Å². The molecule has 10 nitrogen and oxygen atoms in total. The van der Waals surface area contributed by atoms with Gasteiger partial charge in [0.1, 0.15) is 32.1 Å². The van der Waals surface area contributed by atoms with Gasteiger partial charge in [0.2, 0.25) is 11.6 Å². The molecule has 0 radical (unpaired) electrons. The molecule has 2 heterocycles. The maximum absolute atomic E-state index is 14.5. The standard InChI is InChI=1S/C67H91N4O6/c1-16-20-42-76-62(74)67(12,45-66(11,19-4)60(72)68-46-75-15)44-63(5,6)61(73)77-43-41-71(13,14)59-49(33-37-55-64(7,8)57-51-27-23-21-25-47(51)31-35-53(57)69(55)39-17-2)29-30-50(59)34-38-56-65(9,10)58-52-28-24-22-26-48(52)32-36-54(58)70(56)40-18-3/h21-28,31-38H,16-20,29-30,39-46H2,1-15H3/q+1/p+1. The molecule has 1 aliphatic carbocycles. The largest absolute Gasteiger partial charge is 0.465 e. The number of methoxy groups -OCH3 is 1. The molecule has 2 aliphatic heterocycles. The lowest BCUT2D eigenvalue weighted by Crippen LogP contribution is -2.47. The Morgan fingerprint density at radius 2 is 1.38 bits per heavy atom. The first-order valence-electron chi connectivity index (χ1n) is 28.7. The summed E-state index contributed by atoms with van der Waals surface area (Å²) in [5.41, 5.74) is 8.09. The molecule has 4 aromatic rings. The summed E-state index contributed by atoms with van der Waals surface area (Å²) >= 11 is 0. The van der Waals surface area contributed by atoms with E-state index in [1.165, 1.54) is 79.4 Å². The third-order valence-corrected chi connectivity index (χ3v) is 17.1. The van der Waals surface area contributed by atoms with Gasteiger partial charge in [-0.05, 0) is 131 Å². The Balaban J connectivity index is 1.24. The van der Waals surface area contributed by atoms with Crippen LogP contribution in [-0.2, 0) is 39.4 Å². The van der Waals surface area contributed by atoms with Crippen LogP contribution in [0, 0.1) is 16.2 Å². The van der Waals surface area contributed by atoms with E-state index >= 15 is 0 Å². The Morgan fingerprint density at radius 1 is 0.727 bits per heavy atom. The topological polar surface area (TPSA) is 97.2 Å². The number of rotatable bonds is 24. The van der Waals surface area contributed by atoms with Crippen LogP contribution in [0.4, 0.5) is 11.4 Å². The van der Waals surface area contributed by atoms with Crippen LogP contribution in [0.3, 0.4) is 0 Å². The van der Waals surface area contributed by atoms with Gasteiger partial charge in [0.05, 0.1) is 36.9 Å². The maximum Gasteiger partial charge on any atom is 0.311 e. The van der Waals surface area contributed by atoms with Gasteiger partial charge in [-0.25, -0.2) is 0 Å². The zero-order chi connectivity index (χ0) is 56.1. The van der Waals surface area contributed by atoms with Crippen molar-refractivity contribution in [2.24, 2.45) is 16.2 Å². The summed E-state index contributed by atoms with van der Waals surface area (Å²) in [4.78, 5) is 44.7. The number of quaternary nitrogens is 1. The summed E-state index contributed by atoms with van der Waals surface area (Å²) in [5.74, 6) is -0.999. The van der Waals surface area contributed by atoms with E-state index in [1.54, 1.807) is 0 Å². The molecule has 77 heavy (non-hydrogen) atoms. The number of hydrogen-bond acceptors (Lipinski definition) is 7. The lowest BCUT2D eigenvalue weighted by molar-refractivity contribution is -0.850. The van der Waals surface area contributed by atoms with Crippen molar-refractivity contribution in [3.8, 4) is 0 Å². The number of unbranched alkanes of at least 4 members (excludes halogenated alkanes) is 1. The first-order valence-corrected chi connectivity index (χ1v) is 28.7. The third kappa shape index (κ3) is 11.8. The molecular formula is C67H92N4O6+2.